The number of para-hydroxylation sites is 4. The highest BCUT2D eigenvalue weighted by atomic mass is 15.3. The fourth-order valence-corrected chi connectivity index (χ4v) is 9.12. The van der Waals surface area contributed by atoms with Gasteiger partial charge < -0.3 is 14.0 Å². The van der Waals surface area contributed by atoms with Gasteiger partial charge in [-0.1, -0.05) is 72.8 Å². The SMILES string of the molecule is [C-]#[N+]c1c(C#N)c(-n2c3ccccc3c3cc4c(cc32)c2ccccc2n4-c2ccccc2)c2c(c1[N+]#[C-])C(C)(C)N(c1ccccc1)C2(C)C. The zero-order chi connectivity index (χ0) is 35.2. The first kappa shape index (κ1) is 30.3. The van der Waals surface area contributed by atoms with Crippen molar-refractivity contribution in [1.82, 2.24) is 9.13 Å². The van der Waals surface area contributed by atoms with Crippen LogP contribution in [0.25, 0.3) is 64.7 Å². The number of hydrogen-bond acceptors (Lipinski definition) is 2. The molecule has 6 heteroatoms. The molecule has 0 radical (unpaired) electrons. The molecule has 2 aromatic heterocycles. The molecule has 6 nitrogen and oxygen atoms in total. The van der Waals surface area contributed by atoms with Crippen LogP contribution in [0.15, 0.2) is 121 Å². The molecule has 0 N–H and O–H groups in total. The lowest BCUT2D eigenvalue weighted by Gasteiger charge is -2.43. The molecule has 0 amide bonds. The smallest absolute Gasteiger partial charge is 0.214 e. The molecule has 9 rings (SSSR count). The average Bonchev–Trinajstić information content (AvgIpc) is 3.70. The molecule has 0 fully saturated rings. The molecule has 0 bridgehead atoms. The second-order valence-electron chi connectivity index (χ2n) is 14.2. The van der Waals surface area contributed by atoms with Crippen LogP contribution in [0.4, 0.5) is 17.1 Å². The van der Waals surface area contributed by atoms with Crippen LogP contribution >= 0.6 is 0 Å². The summed E-state index contributed by atoms with van der Waals surface area (Å²) >= 11 is 0. The lowest BCUT2D eigenvalue weighted by Crippen LogP contribution is -2.45. The third-order valence-electron chi connectivity index (χ3n) is 10.8. The molecule has 0 unspecified atom stereocenters. The van der Waals surface area contributed by atoms with Crippen molar-refractivity contribution in [2.24, 2.45) is 0 Å². The molecule has 51 heavy (non-hydrogen) atoms. The second kappa shape index (κ2) is 10.6. The third kappa shape index (κ3) is 3.89. The Morgan fingerprint density at radius 1 is 0.529 bits per heavy atom. The van der Waals surface area contributed by atoms with Gasteiger partial charge in [0.2, 0.25) is 11.4 Å². The normalized spacial score (nSPS) is 14.5. The Balaban J connectivity index is 1.50. The molecule has 0 aliphatic carbocycles. The van der Waals surface area contributed by atoms with Gasteiger partial charge in [0.05, 0.1) is 63.6 Å². The Hall–Kier alpha value is -6.81. The van der Waals surface area contributed by atoms with E-state index in [1.54, 1.807) is 0 Å². The van der Waals surface area contributed by atoms with Crippen LogP contribution in [0.2, 0.25) is 0 Å². The van der Waals surface area contributed by atoms with E-state index in [4.69, 9.17) is 13.1 Å². The van der Waals surface area contributed by atoms with E-state index in [0.29, 0.717) is 5.69 Å². The summed E-state index contributed by atoms with van der Waals surface area (Å²) in [4.78, 5) is 10.3. The van der Waals surface area contributed by atoms with Gasteiger partial charge in [-0.15, -0.1) is 0 Å². The van der Waals surface area contributed by atoms with Gasteiger partial charge >= 0.3 is 0 Å². The second-order valence-corrected chi connectivity index (χ2v) is 14.2. The molecule has 0 saturated carbocycles. The number of benzene rings is 6. The molecule has 0 atom stereocenters. The molecular formula is C45H32N6. The highest BCUT2D eigenvalue weighted by Gasteiger charge is 2.53. The summed E-state index contributed by atoms with van der Waals surface area (Å²) in [6.07, 6.45) is 0. The van der Waals surface area contributed by atoms with E-state index in [1.165, 1.54) is 0 Å². The summed E-state index contributed by atoms with van der Waals surface area (Å²) in [5.74, 6) is 0. The number of fused-ring (bicyclic) bond motifs is 7. The number of anilines is 1. The van der Waals surface area contributed by atoms with Gasteiger partial charge in [-0.05, 0) is 87.4 Å². The van der Waals surface area contributed by atoms with Crippen molar-refractivity contribution in [2.75, 3.05) is 4.90 Å². The Morgan fingerprint density at radius 3 is 1.55 bits per heavy atom. The Morgan fingerprint density at radius 2 is 1.00 bits per heavy atom. The van der Waals surface area contributed by atoms with Gasteiger partial charge in [-0.3, -0.25) is 0 Å². The van der Waals surface area contributed by atoms with E-state index >= 15 is 0 Å². The maximum absolute atomic E-state index is 11.0. The Labute approximate surface area is 296 Å². The standard InChI is InChI=1S/C45H32N6/c1-44(2)39-40(45(3,4)51(44)29-19-11-8-12-20-29)43(34(27-46)41(47-5)42(39)48-6)50-36-24-16-14-22-31(36)33-25-37-32(26-38(33)50)30-21-13-15-23-35(30)49(37)28-17-9-7-10-18-28/h7-26H,1-4H3. The highest BCUT2D eigenvalue weighted by Crippen LogP contribution is 2.60. The lowest BCUT2D eigenvalue weighted by atomic mass is 9.84. The van der Waals surface area contributed by atoms with Crippen LogP contribution in [-0.4, -0.2) is 9.13 Å². The Kier molecular flexibility index (Phi) is 6.29. The van der Waals surface area contributed by atoms with E-state index in [9.17, 15) is 5.26 Å². The minimum atomic E-state index is -0.683. The monoisotopic (exact) mass is 656 g/mol. The molecule has 1 aliphatic heterocycles. The average molecular weight is 657 g/mol. The van der Waals surface area contributed by atoms with Crippen LogP contribution in [0.5, 0.6) is 0 Å². The molecule has 6 aromatic carbocycles. The minimum absolute atomic E-state index is 0.104. The first-order valence-corrected chi connectivity index (χ1v) is 17.0. The van der Waals surface area contributed by atoms with E-state index in [2.05, 4.69) is 148 Å². The number of nitrogens with zero attached hydrogens (tertiary/aromatic N) is 6. The van der Waals surface area contributed by atoms with Crippen LogP contribution in [-0.2, 0) is 11.1 Å². The molecule has 1 aliphatic rings. The molecule has 8 aromatic rings. The predicted molar refractivity (Wildman–Crippen MR) is 207 cm³/mol. The summed E-state index contributed by atoms with van der Waals surface area (Å²) in [6.45, 7) is 25.4. The van der Waals surface area contributed by atoms with Crippen LogP contribution in [0, 0.1) is 24.5 Å². The fraction of sp³-hybridized carbons (Fsp3) is 0.133. The summed E-state index contributed by atoms with van der Waals surface area (Å²) in [5, 5.41) is 15.3. The first-order chi connectivity index (χ1) is 24.7. The largest absolute Gasteiger partial charge is 0.354 e. The zero-order valence-corrected chi connectivity index (χ0v) is 28.7. The topological polar surface area (TPSA) is 45.6 Å². The van der Waals surface area contributed by atoms with Crippen molar-refractivity contribution in [1.29, 1.82) is 5.26 Å². The minimum Gasteiger partial charge on any atom is -0.354 e. The van der Waals surface area contributed by atoms with Gasteiger partial charge in [0.15, 0.2) is 0 Å². The van der Waals surface area contributed by atoms with Crippen molar-refractivity contribution < 1.29 is 0 Å². The highest BCUT2D eigenvalue weighted by molar-refractivity contribution is 6.19. The summed E-state index contributed by atoms with van der Waals surface area (Å²) in [7, 11) is 0. The number of hydrogen-bond donors (Lipinski definition) is 0. The van der Waals surface area contributed by atoms with E-state index < -0.39 is 11.1 Å². The number of nitriles is 1. The van der Waals surface area contributed by atoms with Crippen molar-refractivity contribution >= 4 is 60.7 Å². The van der Waals surface area contributed by atoms with Crippen molar-refractivity contribution in [3.8, 4) is 17.4 Å². The van der Waals surface area contributed by atoms with Crippen LogP contribution in [0.3, 0.4) is 0 Å². The van der Waals surface area contributed by atoms with E-state index in [-0.39, 0.29) is 16.9 Å². The zero-order valence-electron chi connectivity index (χ0n) is 28.7. The molecule has 3 heterocycles. The van der Waals surface area contributed by atoms with Crippen LogP contribution < -0.4 is 4.90 Å². The van der Waals surface area contributed by atoms with E-state index in [0.717, 1.165) is 66.1 Å². The summed E-state index contributed by atoms with van der Waals surface area (Å²) in [5.41, 5.74) is 7.74. The van der Waals surface area contributed by atoms with Gasteiger partial charge in [0.25, 0.3) is 0 Å². The lowest BCUT2D eigenvalue weighted by molar-refractivity contribution is 0.403. The van der Waals surface area contributed by atoms with Crippen molar-refractivity contribution in [3.63, 3.8) is 0 Å². The first-order valence-electron chi connectivity index (χ1n) is 17.0. The molecular weight excluding hydrogens is 625 g/mol. The van der Waals surface area contributed by atoms with Gasteiger partial charge in [0, 0.05) is 32.9 Å². The van der Waals surface area contributed by atoms with Crippen molar-refractivity contribution in [2.45, 2.75) is 38.8 Å². The van der Waals surface area contributed by atoms with E-state index in [1.807, 2.05) is 30.3 Å². The quantitative estimate of drug-likeness (QED) is 0.178. The Bertz CT molecular complexity index is 2890. The molecule has 0 saturated heterocycles. The number of aromatic nitrogens is 2. The van der Waals surface area contributed by atoms with Gasteiger partial charge in [0.1, 0.15) is 0 Å². The van der Waals surface area contributed by atoms with Crippen LogP contribution in [0.1, 0.15) is 44.4 Å². The number of rotatable bonds is 3. The predicted octanol–water partition coefficient (Wildman–Crippen LogP) is 11.8. The molecule has 0 spiro atoms. The maximum Gasteiger partial charge on any atom is 0.214 e. The fourth-order valence-electron chi connectivity index (χ4n) is 9.12. The van der Waals surface area contributed by atoms with Crippen molar-refractivity contribution in [3.05, 3.63) is 161 Å². The molecule has 242 valence electrons. The maximum atomic E-state index is 11.0. The summed E-state index contributed by atoms with van der Waals surface area (Å²) < 4.78 is 4.52. The van der Waals surface area contributed by atoms with Gasteiger partial charge in [-0.2, -0.15) is 5.26 Å². The third-order valence-corrected chi connectivity index (χ3v) is 10.8. The summed E-state index contributed by atoms with van der Waals surface area (Å²) in [6, 6.07) is 44.4. The van der Waals surface area contributed by atoms with Gasteiger partial charge in [-0.25, -0.2) is 9.69 Å².